The number of unbranched alkanes of at least 4 members (excludes halogenated alkanes) is 6. The van der Waals surface area contributed by atoms with Crippen molar-refractivity contribution in [3.63, 3.8) is 0 Å². The molecule has 1 rings (SSSR count). The second-order valence-electron chi connectivity index (χ2n) is 5.63. The van der Waals surface area contributed by atoms with E-state index in [1.54, 1.807) is 0 Å². The van der Waals surface area contributed by atoms with Gasteiger partial charge in [-0.25, -0.2) is 0 Å². The fourth-order valence-corrected chi connectivity index (χ4v) is 2.77. The molecular formula is C16H24F3NaO4S. The van der Waals surface area contributed by atoms with Crippen LogP contribution in [0.3, 0.4) is 0 Å². The topological polar surface area (TPSA) is 63.6 Å². The Labute approximate surface area is 169 Å². The van der Waals surface area contributed by atoms with Gasteiger partial charge in [0.2, 0.25) is 0 Å². The van der Waals surface area contributed by atoms with Crippen molar-refractivity contribution in [2.45, 2.75) is 51.1 Å². The number of benzene rings is 1. The zero-order valence-corrected chi connectivity index (χ0v) is 14.2. The van der Waals surface area contributed by atoms with Crippen molar-refractivity contribution < 1.29 is 30.9 Å². The first-order valence-electron chi connectivity index (χ1n) is 7.94. The standard InChI is InChI=1S/C16H23F3O4S.Na.H/c17-16(18,19)14-8-10-15(11-9-14)23-12-6-4-2-1-3-5-7-13-24(20,21)22;;/h8-11H,1-7,12-13H2,(H,20,21,22);;. The van der Waals surface area contributed by atoms with E-state index in [0.717, 1.165) is 50.7 Å². The fourth-order valence-electron chi connectivity index (χ4n) is 2.20. The van der Waals surface area contributed by atoms with E-state index in [1.807, 2.05) is 0 Å². The van der Waals surface area contributed by atoms with Crippen LogP contribution in [0.25, 0.3) is 0 Å². The van der Waals surface area contributed by atoms with Crippen LogP contribution in [0.4, 0.5) is 13.2 Å². The molecule has 140 valence electrons. The van der Waals surface area contributed by atoms with Gasteiger partial charge in [0.25, 0.3) is 10.1 Å². The van der Waals surface area contributed by atoms with Crippen molar-refractivity contribution in [2.24, 2.45) is 0 Å². The first-order valence-corrected chi connectivity index (χ1v) is 9.54. The van der Waals surface area contributed by atoms with Crippen LogP contribution in [0.15, 0.2) is 24.3 Å². The summed E-state index contributed by atoms with van der Waals surface area (Å²) in [5, 5.41) is 0. The van der Waals surface area contributed by atoms with Gasteiger partial charge >= 0.3 is 35.7 Å². The van der Waals surface area contributed by atoms with Gasteiger partial charge in [0, 0.05) is 0 Å². The van der Waals surface area contributed by atoms with Crippen molar-refractivity contribution >= 4 is 39.7 Å². The van der Waals surface area contributed by atoms with E-state index in [0.29, 0.717) is 18.8 Å². The van der Waals surface area contributed by atoms with Gasteiger partial charge in [-0.15, -0.1) is 0 Å². The average molecular weight is 392 g/mol. The van der Waals surface area contributed by atoms with Crippen molar-refractivity contribution in [1.29, 1.82) is 0 Å². The summed E-state index contributed by atoms with van der Waals surface area (Å²) < 4.78 is 72.2. The van der Waals surface area contributed by atoms with Crippen molar-refractivity contribution in [3.8, 4) is 5.75 Å². The molecule has 0 aliphatic heterocycles. The molecule has 0 saturated heterocycles. The average Bonchev–Trinajstić information content (AvgIpc) is 2.47. The monoisotopic (exact) mass is 392 g/mol. The molecule has 0 aliphatic rings. The van der Waals surface area contributed by atoms with Crippen LogP contribution in [0.5, 0.6) is 5.75 Å². The number of hydrogen-bond acceptors (Lipinski definition) is 3. The normalized spacial score (nSPS) is 11.8. The van der Waals surface area contributed by atoms with Crippen LogP contribution < -0.4 is 4.74 Å². The summed E-state index contributed by atoms with van der Waals surface area (Å²) in [5.74, 6) is 0.238. The quantitative estimate of drug-likeness (QED) is 0.351. The molecule has 0 amide bonds. The van der Waals surface area contributed by atoms with Gasteiger partial charge in [-0.2, -0.15) is 21.6 Å². The van der Waals surface area contributed by atoms with E-state index in [-0.39, 0.29) is 35.3 Å². The van der Waals surface area contributed by atoms with E-state index in [2.05, 4.69) is 0 Å². The molecule has 25 heavy (non-hydrogen) atoms. The Hall–Kier alpha value is -0.280. The van der Waals surface area contributed by atoms with Crippen LogP contribution >= 0.6 is 0 Å². The summed E-state index contributed by atoms with van der Waals surface area (Å²) in [6.07, 6.45) is 1.53. The van der Waals surface area contributed by atoms with Crippen LogP contribution in [0.1, 0.15) is 50.5 Å². The predicted octanol–water partition coefficient (Wildman–Crippen LogP) is 4.05. The first kappa shape index (κ1) is 24.7. The molecule has 0 aromatic heterocycles. The molecule has 0 radical (unpaired) electrons. The molecule has 1 N–H and O–H groups in total. The van der Waals surface area contributed by atoms with Gasteiger partial charge in [-0.05, 0) is 37.1 Å². The maximum atomic E-state index is 12.4. The minimum absolute atomic E-state index is 0. The third kappa shape index (κ3) is 12.7. The Morgan fingerprint density at radius 2 is 1.36 bits per heavy atom. The second kappa shape index (κ2) is 12.2. The minimum atomic E-state index is -4.33. The molecule has 0 spiro atoms. The molecule has 0 fully saturated rings. The summed E-state index contributed by atoms with van der Waals surface area (Å²) in [4.78, 5) is 0. The summed E-state index contributed by atoms with van der Waals surface area (Å²) >= 11 is 0. The Morgan fingerprint density at radius 3 is 1.84 bits per heavy atom. The third-order valence-electron chi connectivity index (χ3n) is 3.50. The second-order valence-corrected chi connectivity index (χ2v) is 7.20. The predicted molar refractivity (Wildman–Crippen MR) is 92.8 cm³/mol. The molecule has 1 aromatic carbocycles. The van der Waals surface area contributed by atoms with E-state index in [1.165, 1.54) is 12.1 Å². The summed E-state index contributed by atoms with van der Waals surface area (Å²) in [7, 11) is -3.85. The molecule has 0 saturated carbocycles. The van der Waals surface area contributed by atoms with E-state index >= 15 is 0 Å². The first-order chi connectivity index (χ1) is 11.2. The Kier molecular flexibility index (Phi) is 12.0. The van der Waals surface area contributed by atoms with E-state index in [4.69, 9.17) is 9.29 Å². The molecular weight excluding hydrogens is 368 g/mol. The van der Waals surface area contributed by atoms with Crippen LogP contribution in [-0.4, -0.2) is 54.9 Å². The van der Waals surface area contributed by atoms with Gasteiger partial charge in [0.05, 0.1) is 17.9 Å². The number of rotatable bonds is 11. The Bertz CT molecular complexity index is 574. The fraction of sp³-hybridized carbons (Fsp3) is 0.625. The summed E-state index contributed by atoms with van der Waals surface area (Å²) in [6.45, 7) is 0.453. The van der Waals surface area contributed by atoms with E-state index in [9.17, 15) is 21.6 Å². The zero-order valence-electron chi connectivity index (χ0n) is 13.4. The Morgan fingerprint density at radius 1 is 0.880 bits per heavy atom. The van der Waals surface area contributed by atoms with Gasteiger partial charge in [-0.3, -0.25) is 4.55 Å². The zero-order chi connectivity index (χ0) is 18.1. The van der Waals surface area contributed by atoms with Crippen LogP contribution in [0, 0.1) is 0 Å². The number of alkyl halides is 3. The molecule has 0 unspecified atom stereocenters. The van der Waals surface area contributed by atoms with Gasteiger partial charge in [0.15, 0.2) is 0 Å². The van der Waals surface area contributed by atoms with Gasteiger partial charge in [-0.1, -0.05) is 32.1 Å². The molecule has 0 heterocycles. The van der Waals surface area contributed by atoms with Gasteiger partial charge in [0.1, 0.15) is 5.75 Å². The summed E-state index contributed by atoms with van der Waals surface area (Å²) in [5.41, 5.74) is -0.691. The van der Waals surface area contributed by atoms with E-state index < -0.39 is 21.9 Å². The third-order valence-corrected chi connectivity index (χ3v) is 4.30. The SMILES string of the molecule is O=S(=O)(O)CCCCCCCCCOc1ccc(C(F)(F)F)cc1.[NaH]. The molecule has 0 aliphatic carbocycles. The van der Waals surface area contributed by atoms with Gasteiger partial charge < -0.3 is 4.74 Å². The van der Waals surface area contributed by atoms with Crippen LogP contribution in [0.2, 0.25) is 0 Å². The van der Waals surface area contributed by atoms with Crippen molar-refractivity contribution in [1.82, 2.24) is 0 Å². The molecule has 0 atom stereocenters. The molecule has 4 nitrogen and oxygen atoms in total. The molecule has 0 bridgehead atoms. The molecule has 1 aromatic rings. The van der Waals surface area contributed by atoms with Crippen molar-refractivity contribution in [2.75, 3.05) is 12.4 Å². The summed E-state index contributed by atoms with van der Waals surface area (Å²) in [6, 6.07) is 4.64. The maximum absolute atomic E-state index is 12.4. The van der Waals surface area contributed by atoms with Crippen molar-refractivity contribution in [3.05, 3.63) is 29.8 Å². The number of halogens is 3. The number of ether oxygens (including phenoxy) is 1. The van der Waals surface area contributed by atoms with Crippen LogP contribution in [-0.2, 0) is 16.3 Å². The number of hydrogen-bond donors (Lipinski definition) is 1. The molecule has 9 heteroatoms. The Balaban J connectivity index is 0.00000576.